The molecule has 7 heteroatoms. The molecule has 0 radical (unpaired) electrons. The Balaban J connectivity index is 1.83. The Hall–Kier alpha value is -1.08. The monoisotopic (exact) mass is 342 g/mol. The number of rotatable bonds is 4. The second-order valence-corrected chi connectivity index (χ2v) is 8.44. The molecular formula is C14H15ClN2O2S2. The second-order valence-electron chi connectivity index (χ2n) is 4.98. The van der Waals surface area contributed by atoms with E-state index in [2.05, 4.69) is 10.0 Å². The largest absolute Gasteiger partial charge is 0.384 e. The zero-order valence-electron chi connectivity index (χ0n) is 11.4. The molecule has 0 bridgehead atoms. The van der Waals surface area contributed by atoms with Crippen LogP contribution in [0.2, 0.25) is 4.34 Å². The number of anilines is 1. The molecule has 1 aromatic carbocycles. The molecule has 2 aromatic rings. The minimum atomic E-state index is -3.55. The molecule has 21 heavy (non-hydrogen) atoms. The van der Waals surface area contributed by atoms with Crippen LogP contribution in [0.4, 0.5) is 5.69 Å². The highest BCUT2D eigenvalue weighted by atomic mass is 35.5. The highest BCUT2D eigenvalue weighted by Crippen LogP contribution is 2.29. The van der Waals surface area contributed by atoms with Crippen LogP contribution in [0.3, 0.4) is 0 Å². The fourth-order valence-electron chi connectivity index (χ4n) is 2.36. The Morgan fingerprint density at radius 1 is 1.33 bits per heavy atom. The molecular weight excluding hydrogens is 328 g/mol. The third kappa shape index (κ3) is 3.08. The molecule has 0 amide bonds. The standard InChI is InChI=1S/C14H15ClN2O2S2/c1-9(13-4-5-14(15)20-13)17-21(18,19)11-3-2-10-6-7-16-12(10)8-11/h2-5,8-9,16-17H,6-7H2,1H3. The van der Waals surface area contributed by atoms with Crippen molar-refractivity contribution in [2.75, 3.05) is 11.9 Å². The molecule has 0 spiro atoms. The molecule has 2 N–H and O–H groups in total. The predicted octanol–water partition coefficient (Wildman–Crippen LogP) is 3.41. The first-order valence-electron chi connectivity index (χ1n) is 6.60. The summed E-state index contributed by atoms with van der Waals surface area (Å²) in [5.41, 5.74) is 2.07. The van der Waals surface area contributed by atoms with E-state index in [1.165, 1.54) is 11.3 Å². The summed E-state index contributed by atoms with van der Waals surface area (Å²) in [6.07, 6.45) is 0.938. The van der Waals surface area contributed by atoms with E-state index in [-0.39, 0.29) is 10.9 Å². The van der Waals surface area contributed by atoms with Crippen LogP contribution in [0.15, 0.2) is 35.2 Å². The smallest absolute Gasteiger partial charge is 0.241 e. The van der Waals surface area contributed by atoms with Crippen molar-refractivity contribution in [3.8, 4) is 0 Å². The van der Waals surface area contributed by atoms with E-state index >= 15 is 0 Å². The van der Waals surface area contributed by atoms with Gasteiger partial charge >= 0.3 is 0 Å². The van der Waals surface area contributed by atoms with E-state index in [0.717, 1.165) is 29.1 Å². The number of nitrogens with one attached hydrogen (secondary N) is 2. The Bertz CT molecular complexity index is 771. The molecule has 1 atom stereocenters. The first-order chi connectivity index (χ1) is 9.95. The van der Waals surface area contributed by atoms with Gasteiger partial charge in [0.05, 0.1) is 15.3 Å². The summed E-state index contributed by atoms with van der Waals surface area (Å²) in [4.78, 5) is 1.17. The van der Waals surface area contributed by atoms with Gasteiger partial charge in [0.15, 0.2) is 0 Å². The van der Waals surface area contributed by atoms with Crippen molar-refractivity contribution < 1.29 is 8.42 Å². The van der Waals surface area contributed by atoms with E-state index in [0.29, 0.717) is 4.34 Å². The van der Waals surface area contributed by atoms with E-state index < -0.39 is 10.0 Å². The van der Waals surface area contributed by atoms with Crippen LogP contribution in [0.5, 0.6) is 0 Å². The van der Waals surface area contributed by atoms with Crippen LogP contribution in [-0.2, 0) is 16.4 Å². The molecule has 1 unspecified atom stereocenters. The van der Waals surface area contributed by atoms with Crippen molar-refractivity contribution >= 4 is 38.6 Å². The summed E-state index contributed by atoms with van der Waals surface area (Å²) in [5, 5.41) is 3.19. The summed E-state index contributed by atoms with van der Waals surface area (Å²) >= 11 is 7.27. The van der Waals surface area contributed by atoms with Crippen molar-refractivity contribution in [3.63, 3.8) is 0 Å². The first-order valence-corrected chi connectivity index (χ1v) is 9.28. The molecule has 1 aliphatic heterocycles. The lowest BCUT2D eigenvalue weighted by molar-refractivity contribution is 0.568. The van der Waals surface area contributed by atoms with Crippen LogP contribution in [0, 0.1) is 0 Å². The minimum absolute atomic E-state index is 0.283. The molecule has 0 fully saturated rings. The number of benzene rings is 1. The lowest BCUT2D eigenvalue weighted by atomic mass is 10.2. The van der Waals surface area contributed by atoms with Crippen LogP contribution in [-0.4, -0.2) is 15.0 Å². The third-order valence-electron chi connectivity index (χ3n) is 3.45. The average molecular weight is 343 g/mol. The van der Waals surface area contributed by atoms with Crippen molar-refractivity contribution in [2.45, 2.75) is 24.3 Å². The van der Waals surface area contributed by atoms with Gasteiger partial charge in [0.2, 0.25) is 10.0 Å². The quantitative estimate of drug-likeness (QED) is 0.895. The Kier molecular flexibility index (Phi) is 3.96. The fraction of sp³-hybridized carbons (Fsp3) is 0.286. The summed E-state index contributed by atoms with van der Waals surface area (Å²) < 4.78 is 28.3. The molecule has 1 aliphatic rings. The number of halogens is 1. The van der Waals surface area contributed by atoms with Gasteiger partial charge in [-0.05, 0) is 43.2 Å². The molecule has 2 heterocycles. The van der Waals surface area contributed by atoms with Gasteiger partial charge in [-0.25, -0.2) is 13.1 Å². The lowest BCUT2D eigenvalue weighted by Gasteiger charge is -2.13. The molecule has 0 aliphatic carbocycles. The van der Waals surface area contributed by atoms with Crippen molar-refractivity contribution in [3.05, 3.63) is 45.1 Å². The van der Waals surface area contributed by atoms with Crippen molar-refractivity contribution in [2.24, 2.45) is 0 Å². The van der Waals surface area contributed by atoms with Gasteiger partial charge in [-0.3, -0.25) is 0 Å². The molecule has 1 aromatic heterocycles. The minimum Gasteiger partial charge on any atom is -0.384 e. The summed E-state index contributed by atoms with van der Waals surface area (Å²) in [7, 11) is -3.55. The van der Waals surface area contributed by atoms with Crippen LogP contribution in [0.25, 0.3) is 0 Å². The second kappa shape index (κ2) is 5.61. The highest BCUT2D eigenvalue weighted by molar-refractivity contribution is 7.89. The lowest BCUT2D eigenvalue weighted by Crippen LogP contribution is -2.26. The van der Waals surface area contributed by atoms with Crippen molar-refractivity contribution in [1.29, 1.82) is 0 Å². The van der Waals surface area contributed by atoms with E-state index in [4.69, 9.17) is 11.6 Å². The van der Waals surface area contributed by atoms with Gasteiger partial charge in [0.1, 0.15) is 0 Å². The zero-order chi connectivity index (χ0) is 15.0. The van der Waals surface area contributed by atoms with Gasteiger partial charge < -0.3 is 5.32 Å². The van der Waals surface area contributed by atoms with Crippen LogP contribution in [0.1, 0.15) is 23.4 Å². The van der Waals surface area contributed by atoms with Gasteiger partial charge in [-0.1, -0.05) is 17.7 Å². The van der Waals surface area contributed by atoms with Gasteiger partial charge in [-0.15, -0.1) is 11.3 Å². The van der Waals surface area contributed by atoms with E-state index in [9.17, 15) is 8.42 Å². The van der Waals surface area contributed by atoms with Crippen LogP contribution < -0.4 is 10.0 Å². The van der Waals surface area contributed by atoms with Gasteiger partial charge in [-0.2, -0.15) is 0 Å². The Labute approximate surface area is 133 Å². The number of sulfonamides is 1. The first kappa shape index (κ1) is 14.8. The fourth-order valence-corrected chi connectivity index (χ4v) is 4.74. The normalized spacial score (nSPS) is 15.5. The van der Waals surface area contributed by atoms with Crippen LogP contribution >= 0.6 is 22.9 Å². The molecule has 4 nitrogen and oxygen atoms in total. The number of thiophene rings is 1. The highest BCUT2D eigenvalue weighted by Gasteiger charge is 2.21. The summed E-state index contributed by atoms with van der Waals surface area (Å²) in [6.45, 7) is 2.67. The maximum Gasteiger partial charge on any atom is 0.241 e. The topological polar surface area (TPSA) is 58.2 Å². The number of hydrogen-bond donors (Lipinski definition) is 2. The molecule has 3 rings (SSSR count). The van der Waals surface area contributed by atoms with E-state index in [1.54, 1.807) is 18.2 Å². The summed E-state index contributed by atoms with van der Waals surface area (Å²) in [5.74, 6) is 0. The maximum absolute atomic E-state index is 12.5. The Morgan fingerprint density at radius 3 is 2.86 bits per heavy atom. The van der Waals surface area contributed by atoms with E-state index in [1.807, 2.05) is 19.1 Å². The zero-order valence-corrected chi connectivity index (χ0v) is 13.8. The van der Waals surface area contributed by atoms with Gasteiger partial charge in [0, 0.05) is 17.1 Å². The third-order valence-corrected chi connectivity index (χ3v) is 6.41. The molecule has 0 saturated heterocycles. The number of hydrogen-bond acceptors (Lipinski definition) is 4. The van der Waals surface area contributed by atoms with Crippen molar-refractivity contribution in [1.82, 2.24) is 4.72 Å². The SMILES string of the molecule is CC(NS(=O)(=O)c1ccc2c(c1)NCC2)c1ccc(Cl)s1. The number of fused-ring (bicyclic) bond motifs is 1. The maximum atomic E-state index is 12.5. The summed E-state index contributed by atoms with van der Waals surface area (Å²) in [6, 6.07) is 8.52. The Morgan fingerprint density at radius 2 is 2.14 bits per heavy atom. The van der Waals surface area contributed by atoms with Gasteiger partial charge in [0.25, 0.3) is 0 Å². The predicted molar refractivity (Wildman–Crippen MR) is 86.7 cm³/mol. The average Bonchev–Trinajstić information content (AvgIpc) is 3.05. The molecule has 0 saturated carbocycles. The molecule has 112 valence electrons.